The predicted molar refractivity (Wildman–Crippen MR) is 63.1 cm³/mol. The summed E-state index contributed by atoms with van der Waals surface area (Å²) in [7, 11) is 0. The van der Waals surface area contributed by atoms with Crippen LogP contribution in [0.4, 0.5) is 4.39 Å². The Balaban J connectivity index is 2.20. The van der Waals surface area contributed by atoms with Crippen LogP contribution >= 0.6 is 11.6 Å². The summed E-state index contributed by atoms with van der Waals surface area (Å²) in [5, 5.41) is 10.7. The minimum atomic E-state index is -0.846. The van der Waals surface area contributed by atoms with E-state index in [9.17, 15) is 9.50 Å². The van der Waals surface area contributed by atoms with Crippen LogP contribution in [-0.4, -0.2) is 10.7 Å². The summed E-state index contributed by atoms with van der Waals surface area (Å²) in [6.45, 7) is 3.83. The largest absolute Gasteiger partial charge is 0.389 e. The molecular weight excluding hydrogens is 227 g/mol. The molecule has 1 aromatic rings. The molecule has 1 N–H and O–H groups in total. The molecule has 88 valence electrons. The van der Waals surface area contributed by atoms with Crippen molar-refractivity contribution in [1.82, 2.24) is 0 Å². The van der Waals surface area contributed by atoms with E-state index in [1.807, 2.05) is 6.92 Å². The Kier molecular flexibility index (Phi) is 2.75. The van der Waals surface area contributed by atoms with E-state index >= 15 is 0 Å². The first kappa shape index (κ1) is 11.9. The van der Waals surface area contributed by atoms with Gasteiger partial charge in [0.2, 0.25) is 0 Å². The second-order valence-corrected chi connectivity index (χ2v) is 5.68. The highest BCUT2D eigenvalue weighted by Gasteiger charge is 2.52. The fraction of sp³-hybridized carbons (Fsp3) is 0.538. The highest BCUT2D eigenvalue weighted by molar-refractivity contribution is 6.30. The van der Waals surface area contributed by atoms with Gasteiger partial charge in [-0.3, -0.25) is 0 Å². The average molecular weight is 243 g/mol. The number of hydrogen-bond acceptors (Lipinski definition) is 1. The van der Waals surface area contributed by atoms with Crippen LogP contribution in [0.25, 0.3) is 0 Å². The molecule has 0 radical (unpaired) electrons. The first-order chi connectivity index (χ1) is 7.34. The maximum absolute atomic E-state index is 13.6. The van der Waals surface area contributed by atoms with Crippen molar-refractivity contribution >= 4 is 11.6 Å². The molecule has 0 aromatic heterocycles. The molecule has 1 aromatic carbocycles. The first-order valence-electron chi connectivity index (χ1n) is 5.50. The lowest BCUT2D eigenvalue weighted by atomic mass is 9.82. The number of hydrogen-bond donors (Lipinski definition) is 1. The van der Waals surface area contributed by atoms with Gasteiger partial charge in [0.25, 0.3) is 0 Å². The number of halogens is 2. The summed E-state index contributed by atoms with van der Waals surface area (Å²) in [6, 6.07) is 4.60. The van der Waals surface area contributed by atoms with E-state index in [0.29, 0.717) is 17.0 Å². The molecule has 1 saturated carbocycles. The lowest BCUT2D eigenvalue weighted by molar-refractivity contribution is -0.00768. The fourth-order valence-electron chi connectivity index (χ4n) is 1.98. The molecule has 1 unspecified atom stereocenters. The molecule has 1 fully saturated rings. The summed E-state index contributed by atoms with van der Waals surface area (Å²) in [5.74, 6) is -0.336. The van der Waals surface area contributed by atoms with Gasteiger partial charge in [-0.05, 0) is 42.9 Å². The van der Waals surface area contributed by atoms with Crippen LogP contribution in [0.3, 0.4) is 0 Å². The minimum absolute atomic E-state index is 0.0565. The second kappa shape index (κ2) is 3.71. The third-order valence-electron chi connectivity index (χ3n) is 3.85. The van der Waals surface area contributed by atoms with E-state index < -0.39 is 5.60 Å². The summed E-state index contributed by atoms with van der Waals surface area (Å²) >= 11 is 5.69. The van der Waals surface area contributed by atoms with Crippen LogP contribution in [0.1, 0.15) is 32.3 Å². The Morgan fingerprint density at radius 2 is 2.12 bits per heavy atom. The van der Waals surface area contributed by atoms with Crippen molar-refractivity contribution in [1.29, 1.82) is 0 Å². The Morgan fingerprint density at radius 1 is 1.50 bits per heavy atom. The topological polar surface area (TPSA) is 20.2 Å². The zero-order valence-corrected chi connectivity index (χ0v) is 10.3. The molecule has 0 bridgehead atoms. The molecule has 0 heterocycles. The first-order valence-corrected chi connectivity index (χ1v) is 5.88. The van der Waals surface area contributed by atoms with Gasteiger partial charge < -0.3 is 5.11 Å². The van der Waals surface area contributed by atoms with Gasteiger partial charge in [-0.15, -0.1) is 0 Å². The van der Waals surface area contributed by atoms with E-state index in [-0.39, 0.29) is 11.2 Å². The molecule has 0 spiro atoms. The van der Waals surface area contributed by atoms with Crippen molar-refractivity contribution in [3.63, 3.8) is 0 Å². The van der Waals surface area contributed by atoms with Gasteiger partial charge in [-0.1, -0.05) is 24.6 Å². The average Bonchev–Trinajstić information content (AvgIpc) is 2.90. The van der Waals surface area contributed by atoms with Gasteiger partial charge in [0.1, 0.15) is 5.82 Å². The fourth-order valence-corrected chi connectivity index (χ4v) is 2.13. The molecule has 0 saturated heterocycles. The monoisotopic (exact) mass is 242 g/mol. The Morgan fingerprint density at radius 3 is 2.62 bits per heavy atom. The van der Waals surface area contributed by atoms with Crippen molar-refractivity contribution in [2.45, 2.75) is 38.7 Å². The summed E-state index contributed by atoms with van der Waals surface area (Å²) < 4.78 is 13.6. The predicted octanol–water partition coefficient (Wildman–Crippen LogP) is 3.57. The molecule has 1 aliphatic rings. The van der Waals surface area contributed by atoms with Crippen LogP contribution in [0.5, 0.6) is 0 Å². The van der Waals surface area contributed by atoms with Gasteiger partial charge in [0, 0.05) is 11.4 Å². The van der Waals surface area contributed by atoms with Crippen molar-refractivity contribution in [2.24, 2.45) is 5.41 Å². The van der Waals surface area contributed by atoms with Crippen LogP contribution < -0.4 is 0 Å². The summed E-state index contributed by atoms with van der Waals surface area (Å²) in [5.41, 5.74) is -0.372. The highest BCUT2D eigenvalue weighted by atomic mass is 35.5. The Bertz CT molecular complexity index is 410. The third-order valence-corrected chi connectivity index (χ3v) is 4.09. The maximum atomic E-state index is 13.6. The van der Waals surface area contributed by atoms with Crippen LogP contribution in [0.2, 0.25) is 5.02 Å². The van der Waals surface area contributed by atoms with Crippen molar-refractivity contribution in [3.8, 4) is 0 Å². The van der Waals surface area contributed by atoms with Crippen LogP contribution in [-0.2, 0) is 6.42 Å². The number of rotatable bonds is 3. The summed E-state index contributed by atoms with van der Waals surface area (Å²) in [6.07, 6.45) is 2.36. The highest BCUT2D eigenvalue weighted by Crippen LogP contribution is 2.54. The number of aliphatic hydroxyl groups is 1. The molecule has 1 aliphatic carbocycles. The standard InChI is InChI=1S/C13H16ClFO/c1-12(5-6-12)13(2,16)8-9-3-4-10(14)7-11(9)15/h3-4,7,16H,5-6,8H2,1-2H3. The third kappa shape index (κ3) is 2.09. The summed E-state index contributed by atoms with van der Waals surface area (Å²) in [4.78, 5) is 0. The van der Waals surface area contributed by atoms with Gasteiger partial charge in [-0.25, -0.2) is 4.39 Å². The van der Waals surface area contributed by atoms with Gasteiger partial charge in [-0.2, -0.15) is 0 Å². The molecule has 3 heteroatoms. The molecular formula is C13H16ClFO. The lowest BCUT2D eigenvalue weighted by Crippen LogP contribution is -2.37. The zero-order chi connectivity index (χ0) is 12.0. The van der Waals surface area contributed by atoms with Crippen molar-refractivity contribution in [2.75, 3.05) is 0 Å². The normalized spacial score (nSPS) is 21.6. The van der Waals surface area contributed by atoms with Gasteiger partial charge in [0.05, 0.1) is 5.60 Å². The van der Waals surface area contributed by atoms with Gasteiger partial charge in [0.15, 0.2) is 0 Å². The zero-order valence-electron chi connectivity index (χ0n) is 9.56. The molecule has 16 heavy (non-hydrogen) atoms. The molecule has 0 amide bonds. The smallest absolute Gasteiger partial charge is 0.127 e. The van der Waals surface area contributed by atoms with E-state index in [2.05, 4.69) is 0 Å². The number of benzene rings is 1. The second-order valence-electron chi connectivity index (χ2n) is 5.25. The minimum Gasteiger partial charge on any atom is -0.389 e. The molecule has 2 rings (SSSR count). The van der Waals surface area contributed by atoms with Crippen molar-refractivity contribution < 1.29 is 9.50 Å². The lowest BCUT2D eigenvalue weighted by Gasteiger charge is -2.30. The molecule has 1 nitrogen and oxygen atoms in total. The van der Waals surface area contributed by atoms with Gasteiger partial charge >= 0.3 is 0 Å². The van der Waals surface area contributed by atoms with E-state index in [1.54, 1.807) is 19.1 Å². The maximum Gasteiger partial charge on any atom is 0.127 e. The van der Waals surface area contributed by atoms with Crippen LogP contribution in [0.15, 0.2) is 18.2 Å². The Labute approximate surface area is 100 Å². The van der Waals surface area contributed by atoms with Crippen LogP contribution in [0, 0.1) is 11.2 Å². The molecule has 1 atom stereocenters. The van der Waals surface area contributed by atoms with E-state index in [1.165, 1.54) is 6.07 Å². The quantitative estimate of drug-likeness (QED) is 0.859. The SMILES string of the molecule is CC(O)(Cc1ccc(Cl)cc1F)C1(C)CC1. The Hall–Kier alpha value is -0.600. The molecule has 0 aliphatic heterocycles. The van der Waals surface area contributed by atoms with Crippen molar-refractivity contribution in [3.05, 3.63) is 34.6 Å². The van der Waals surface area contributed by atoms with E-state index in [0.717, 1.165) is 12.8 Å². The van der Waals surface area contributed by atoms with E-state index in [4.69, 9.17) is 11.6 Å².